The molecule has 96 valence electrons. The predicted molar refractivity (Wildman–Crippen MR) is 63.3 cm³/mol. The second kappa shape index (κ2) is 5.03. The number of rotatable bonds is 5. The molecule has 0 saturated heterocycles. The van der Waals surface area contributed by atoms with Gasteiger partial charge in [0.25, 0.3) is 0 Å². The van der Waals surface area contributed by atoms with Gasteiger partial charge in [-0.1, -0.05) is 0 Å². The van der Waals surface area contributed by atoms with Crippen LogP contribution in [0.4, 0.5) is 5.82 Å². The van der Waals surface area contributed by atoms with Crippen molar-refractivity contribution in [3.63, 3.8) is 0 Å². The van der Waals surface area contributed by atoms with Crippen LogP contribution < -0.4 is 5.32 Å². The van der Waals surface area contributed by atoms with Crippen LogP contribution in [-0.4, -0.2) is 35.2 Å². The summed E-state index contributed by atoms with van der Waals surface area (Å²) in [5.74, 6) is -0.857. The molecule has 2 N–H and O–H groups in total. The average Bonchev–Trinajstić information content (AvgIpc) is 3.19. The van der Waals surface area contributed by atoms with Gasteiger partial charge in [0.05, 0.1) is 12.7 Å². The first-order chi connectivity index (χ1) is 8.61. The van der Waals surface area contributed by atoms with Crippen LogP contribution in [0.25, 0.3) is 0 Å². The number of aliphatic carboxylic acids is 1. The zero-order valence-corrected chi connectivity index (χ0v) is 9.92. The zero-order chi connectivity index (χ0) is 13.1. The van der Waals surface area contributed by atoms with Crippen LogP contribution in [0, 0.1) is 5.92 Å². The monoisotopic (exact) mass is 250 g/mol. The summed E-state index contributed by atoms with van der Waals surface area (Å²) >= 11 is 0. The van der Waals surface area contributed by atoms with E-state index in [1.165, 1.54) is 25.4 Å². The van der Waals surface area contributed by atoms with Crippen molar-refractivity contribution in [1.29, 1.82) is 0 Å². The Hall–Kier alpha value is -2.11. The van der Waals surface area contributed by atoms with Crippen molar-refractivity contribution in [2.24, 2.45) is 5.92 Å². The van der Waals surface area contributed by atoms with Crippen LogP contribution in [0.5, 0.6) is 0 Å². The number of carboxylic acids is 1. The lowest BCUT2D eigenvalue weighted by molar-refractivity contribution is -0.138. The number of methoxy groups -OCH3 is 1. The Bertz CT molecular complexity index is 471. The Labute approximate surface area is 104 Å². The van der Waals surface area contributed by atoms with Gasteiger partial charge in [0.2, 0.25) is 0 Å². The molecule has 0 aromatic carbocycles. The van der Waals surface area contributed by atoms with Gasteiger partial charge < -0.3 is 15.2 Å². The van der Waals surface area contributed by atoms with E-state index in [2.05, 4.69) is 15.0 Å². The number of carboxylic acid groups (broad SMARTS) is 1. The Kier molecular flexibility index (Phi) is 3.45. The molecule has 1 aliphatic rings. The molecular weight excluding hydrogens is 236 g/mol. The summed E-state index contributed by atoms with van der Waals surface area (Å²) in [7, 11) is 1.29. The molecule has 1 heterocycles. The number of carbonyl (C=O) groups is 2. The maximum Gasteiger partial charge on any atom is 0.338 e. The van der Waals surface area contributed by atoms with E-state index < -0.39 is 18.0 Å². The average molecular weight is 250 g/mol. The van der Waals surface area contributed by atoms with E-state index in [1.54, 1.807) is 0 Å². The van der Waals surface area contributed by atoms with Gasteiger partial charge in [0, 0.05) is 6.20 Å². The summed E-state index contributed by atoms with van der Waals surface area (Å²) in [6.07, 6.45) is 3.25. The summed E-state index contributed by atoms with van der Waals surface area (Å²) in [5, 5.41) is 11.9. The first kappa shape index (κ1) is 12.3. The highest BCUT2D eigenvalue weighted by Crippen LogP contribution is 2.34. The second-order valence-electron chi connectivity index (χ2n) is 4.22. The van der Waals surface area contributed by atoms with Gasteiger partial charge in [-0.15, -0.1) is 0 Å². The topological polar surface area (TPSA) is 88.5 Å². The molecule has 0 radical (unpaired) electrons. The van der Waals surface area contributed by atoms with Crippen LogP contribution in [0.2, 0.25) is 0 Å². The molecule has 1 aliphatic carbocycles. The van der Waals surface area contributed by atoms with Crippen molar-refractivity contribution in [3.05, 3.63) is 23.9 Å². The molecule has 1 aromatic heterocycles. The highest BCUT2D eigenvalue weighted by atomic mass is 16.5. The quantitative estimate of drug-likeness (QED) is 0.762. The molecule has 1 aromatic rings. The molecule has 1 atom stereocenters. The van der Waals surface area contributed by atoms with Crippen LogP contribution in [0.15, 0.2) is 18.3 Å². The van der Waals surface area contributed by atoms with E-state index in [1.807, 2.05) is 0 Å². The van der Waals surface area contributed by atoms with Gasteiger partial charge in [-0.3, -0.25) is 0 Å². The van der Waals surface area contributed by atoms with E-state index in [4.69, 9.17) is 5.11 Å². The highest BCUT2D eigenvalue weighted by Gasteiger charge is 2.36. The molecule has 1 unspecified atom stereocenters. The largest absolute Gasteiger partial charge is 0.480 e. The van der Waals surface area contributed by atoms with E-state index in [-0.39, 0.29) is 5.92 Å². The summed E-state index contributed by atoms with van der Waals surface area (Å²) in [6, 6.07) is 2.36. The molecule has 0 amide bonds. The number of hydrogen-bond acceptors (Lipinski definition) is 5. The van der Waals surface area contributed by atoms with Gasteiger partial charge in [0.15, 0.2) is 0 Å². The van der Waals surface area contributed by atoms with E-state index in [0.717, 1.165) is 12.8 Å². The number of ether oxygens (including phenoxy) is 1. The number of nitrogens with zero attached hydrogens (tertiary/aromatic N) is 1. The lowest BCUT2D eigenvalue weighted by Crippen LogP contribution is -2.31. The third-order valence-electron chi connectivity index (χ3n) is 2.84. The van der Waals surface area contributed by atoms with Gasteiger partial charge in [-0.25, -0.2) is 14.6 Å². The van der Waals surface area contributed by atoms with Crippen molar-refractivity contribution in [2.75, 3.05) is 12.4 Å². The predicted octanol–water partition coefficient (Wildman–Crippen LogP) is 1.14. The number of pyridine rings is 1. The number of aromatic nitrogens is 1. The maximum absolute atomic E-state index is 11.3. The lowest BCUT2D eigenvalue weighted by Gasteiger charge is -2.14. The molecule has 1 saturated carbocycles. The third kappa shape index (κ3) is 2.77. The normalized spacial score (nSPS) is 15.8. The number of carbonyl (C=O) groups excluding carboxylic acids is 1. The summed E-state index contributed by atoms with van der Waals surface area (Å²) in [6.45, 7) is 0. The Morgan fingerprint density at radius 3 is 2.83 bits per heavy atom. The first-order valence-corrected chi connectivity index (χ1v) is 5.65. The molecule has 6 heteroatoms. The molecule has 0 bridgehead atoms. The SMILES string of the molecule is COC(=O)c1ccnc(NC(C(=O)O)C2CC2)c1. The standard InChI is InChI=1S/C12H14N2O4/c1-18-12(17)8-4-5-13-9(6-8)14-10(11(15)16)7-2-3-7/h4-7,10H,2-3H2,1H3,(H,13,14)(H,15,16). The minimum absolute atomic E-state index is 0.145. The molecule has 0 spiro atoms. The zero-order valence-electron chi connectivity index (χ0n) is 9.92. The molecule has 0 aliphatic heterocycles. The molecule has 1 fully saturated rings. The number of anilines is 1. The van der Waals surface area contributed by atoms with Gasteiger partial charge in [-0.2, -0.15) is 0 Å². The summed E-state index contributed by atoms with van der Waals surface area (Å²) in [5.41, 5.74) is 0.343. The highest BCUT2D eigenvalue weighted by molar-refractivity contribution is 5.90. The second-order valence-corrected chi connectivity index (χ2v) is 4.22. The van der Waals surface area contributed by atoms with Gasteiger partial charge in [-0.05, 0) is 30.9 Å². The van der Waals surface area contributed by atoms with E-state index in [0.29, 0.717) is 11.4 Å². The number of hydrogen-bond donors (Lipinski definition) is 2. The molecular formula is C12H14N2O4. The fourth-order valence-corrected chi connectivity index (χ4v) is 1.72. The van der Waals surface area contributed by atoms with Crippen LogP contribution >= 0.6 is 0 Å². The van der Waals surface area contributed by atoms with Crippen molar-refractivity contribution < 1.29 is 19.4 Å². The fourth-order valence-electron chi connectivity index (χ4n) is 1.72. The van der Waals surface area contributed by atoms with Crippen LogP contribution in [-0.2, 0) is 9.53 Å². The summed E-state index contributed by atoms with van der Waals surface area (Å²) < 4.78 is 4.59. The van der Waals surface area contributed by atoms with Gasteiger partial charge >= 0.3 is 11.9 Å². The van der Waals surface area contributed by atoms with Gasteiger partial charge in [0.1, 0.15) is 11.9 Å². The van der Waals surface area contributed by atoms with Crippen LogP contribution in [0.1, 0.15) is 23.2 Å². The molecule has 2 rings (SSSR count). The van der Waals surface area contributed by atoms with Crippen molar-refractivity contribution in [3.8, 4) is 0 Å². The number of nitrogens with one attached hydrogen (secondary N) is 1. The van der Waals surface area contributed by atoms with Crippen molar-refractivity contribution >= 4 is 17.8 Å². The minimum Gasteiger partial charge on any atom is -0.480 e. The third-order valence-corrected chi connectivity index (χ3v) is 2.84. The maximum atomic E-state index is 11.3. The van der Waals surface area contributed by atoms with Crippen molar-refractivity contribution in [2.45, 2.75) is 18.9 Å². The Balaban J connectivity index is 2.13. The van der Waals surface area contributed by atoms with E-state index in [9.17, 15) is 9.59 Å². The van der Waals surface area contributed by atoms with E-state index >= 15 is 0 Å². The number of esters is 1. The molecule has 18 heavy (non-hydrogen) atoms. The van der Waals surface area contributed by atoms with Crippen molar-refractivity contribution in [1.82, 2.24) is 4.98 Å². The lowest BCUT2D eigenvalue weighted by atomic mass is 10.2. The Morgan fingerprint density at radius 2 is 2.28 bits per heavy atom. The Morgan fingerprint density at radius 1 is 1.56 bits per heavy atom. The minimum atomic E-state index is -0.900. The fraction of sp³-hybridized carbons (Fsp3) is 0.417. The first-order valence-electron chi connectivity index (χ1n) is 5.65. The summed E-state index contributed by atoms with van der Waals surface area (Å²) in [4.78, 5) is 26.4. The smallest absolute Gasteiger partial charge is 0.338 e. The van der Waals surface area contributed by atoms with Crippen LogP contribution in [0.3, 0.4) is 0 Å². The molecule has 6 nitrogen and oxygen atoms in total.